The smallest absolute Gasteiger partial charge is 0.473 e. The number of carbonyl (C=O) groups excluding carboxylic acids is 1. The number of allylic oxidation sites excluding steroid dienone is 3. The van der Waals surface area contributed by atoms with E-state index >= 15 is 0 Å². The van der Waals surface area contributed by atoms with Crippen molar-refractivity contribution >= 4 is 13.8 Å². The molecule has 3 rings (SSSR count). The number of phosphoric ester groups is 1. The van der Waals surface area contributed by atoms with Gasteiger partial charge in [-0.2, -0.15) is 0 Å². The molecule has 0 aliphatic heterocycles. The molecule has 0 saturated heterocycles. The molecule has 1 fully saturated rings. The highest BCUT2D eigenvalue weighted by Gasteiger charge is 2.58. The maximum Gasteiger partial charge on any atom is 0.473 e. The molecule has 188 valence electrons. The van der Waals surface area contributed by atoms with E-state index in [1.807, 2.05) is 13.8 Å². The number of rotatable bonds is 10. The zero-order chi connectivity index (χ0) is 25.3. The van der Waals surface area contributed by atoms with Gasteiger partial charge in [-0.25, -0.2) is 9.36 Å². The molecule has 0 amide bonds. The molecule has 7 nitrogen and oxygen atoms in total. The standard InChI is InChI=1S/C26H37O7P/c1-7-8-19-14-22(27)24(21-13-18(6)9-10-20(21)16(2)3)23(15-19)31-25(28)26(11-12-26)33-34(29,30)32-17(4)5/h13-15,17,20-21,27H,2,7-12H2,1,3-6H3,(H,29,30)/t20-,21+/m0/s1. The number of ether oxygens (including phenoxy) is 1. The van der Waals surface area contributed by atoms with Gasteiger partial charge in [-0.3, -0.25) is 9.05 Å². The van der Waals surface area contributed by atoms with Gasteiger partial charge in [-0.05, 0) is 83.4 Å². The Hall–Kier alpha value is -1.92. The minimum Gasteiger partial charge on any atom is -0.507 e. The summed E-state index contributed by atoms with van der Waals surface area (Å²) in [5.41, 5.74) is 2.04. The first kappa shape index (κ1) is 26.7. The van der Waals surface area contributed by atoms with Crippen LogP contribution in [0.15, 0.2) is 35.9 Å². The van der Waals surface area contributed by atoms with Crippen LogP contribution in [0.2, 0.25) is 0 Å². The molecule has 1 saturated carbocycles. The van der Waals surface area contributed by atoms with Crippen LogP contribution in [0.3, 0.4) is 0 Å². The molecule has 0 radical (unpaired) electrons. The zero-order valence-electron chi connectivity index (χ0n) is 20.8. The van der Waals surface area contributed by atoms with Gasteiger partial charge in [0.15, 0.2) is 5.60 Å². The number of phosphoric acid groups is 1. The third-order valence-corrected chi connectivity index (χ3v) is 7.61. The number of aryl methyl sites for hydroxylation is 1. The van der Waals surface area contributed by atoms with Crippen molar-refractivity contribution in [1.29, 1.82) is 0 Å². The number of benzene rings is 1. The van der Waals surface area contributed by atoms with Crippen molar-refractivity contribution in [2.45, 2.75) is 90.8 Å². The number of aromatic hydroxyl groups is 1. The summed E-state index contributed by atoms with van der Waals surface area (Å²) in [5.74, 6) is -0.547. The topological polar surface area (TPSA) is 102 Å². The van der Waals surface area contributed by atoms with E-state index in [2.05, 4.69) is 19.6 Å². The number of carbonyl (C=O) groups is 1. The second kappa shape index (κ2) is 10.4. The molecule has 1 unspecified atom stereocenters. The lowest BCUT2D eigenvalue weighted by Gasteiger charge is -2.32. The van der Waals surface area contributed by atoms with Gasteiger partial charge >= 0.3 is 13.8 Å². The summed E-state index contributed by atoms with van der Waals surface area (Å²) in [5, 5.41) is 11.1. The molecule has 0 bridgehead atoms. The van der Waals surface area contributed by atoms with Crippen molar-refractivity contribution in [2.24, 2.45) is 5.92 Å². The van der Waals surface area contributed by atoms with Gasteiger partial charge in [-0.15, -0.1) is 0 Å². The molecule has 2 N–H and O–H groups in total. The molecule has 0 aromatic heterocycles. The number of hydrogen-bond donors (Lipinski definition) is 2. The van der Waals surface area contributed by atoms with E-state index in [1.165, 1.54) is 5.57 Å². The summed E-state index contributed by atoms with van der Waals surface area (Å²) in [7, 11) is -4.44. The van der Waals surface area contributed by atoms with Crippen LogP contribution < -0.4 is 4.74 Å². The van der Waals surface area contributed by atoms with Gasteiger partial charge < -0.3 is 14.7 Å². The van der Waals surface area contributed by atoms with Crippen molar-refractivity contribution in [3.8, 4) is 11.5 Å². The summed E-state index contributed by atoms with van der Waals surface area (Å²) in [4.78, 5) is 23.3. The van der Waals surface area contributed by atoms with Gasteiger partial charge in [0.2, 0.25) is 0 Å². The minimum absolute atomic E-state index is 0.0673. The minimum atomic E-state index is -4.44. The number of esters is 1. The fourth-order valence-electron chi connectivity index (χ4n) is 4.57. The van der Waals surface area contributed by atoms with Crippen molar-refractivity contribution in [1.82, 2.24) is 0 Å². The lowest BCUT2D eigenvalue weighted by Crippen LogP contribution is -2.31. The third kappa shape index (κ3) is 6.19. The summed E-state index contributed by atoms with van der Waals surface area (Å²) in [6.45, 7) is 13.4. The predicted octanol–water partition coefficient (Wildman–Crippen LogP) is 6.34. The van der Waals surface area contributed by atoms with Crippen molar-refractivity contribution < 1.29 is 33.1 Å². The molecule has 0 heterocycles. The van der Waals surface area contributed by atoms with Crippen LogP contribution in [-0.4, -0.2) is 27.7 Å². The molecule has 2 aliphatic carbocycles. The van der Waals surface area contributed by atoms with E-state index in [0.717, 1.165) is 30.4 Å². The number of phenols is 1. The number of phenolic OH excluding ortho intramolecular Hbond substituents is 1. The largest absolute Gasteiger partial charge is 0.507 e. The van der Waals surface area contributed by atoms with Crippen LogP contribution in [0.5, 0.6) is 11.5 Å². The van der Waals surface area contributed by atoms with Crippen LogP contribution in [0, 0.1) is 5.92 Å². The van der Waals surface area contributed by atoms with E-state index in [1.54, 1.807) is 26.0 Å². The van der Waals surface area contributed by atoms with Gasteiger partial charge in [0, 0.05) is 11.5 Å². The SMILES string of the molecule is C=C(C)[C@@H]1CCC(C)=C[C@H]1c1c(O)cc(CCC)cc1OC(=O)C1(OP(=O)(O)OC(C)C)CC1. The zero-order valence-corrected chi connectivity index (χ0v) is 21.7. The first-order valence-corrected chi connectivity index (χ1v) is 13.5. The highest BCUT2D eigenvalue weighted by molar-refractivity contribution is 7.47. The maximum atomic E-state index is 13.2. The Morgan fingerprint density at radius 2 is 2.00 bits per heavy atom. The first-order chi connectivity index (χ1) is 15.9. The molecular weight excluding hydrogens is 455 g/mol. The number of hydrogen-bond acceptors (Lipinski definition) is 6. The average Bonchev–Trinajstić information content (AvgIpc) is 3.46. The second-order valence-corrected chi connectivity index (χ2v) is 11.2. The highest BCUT2D eigenvalue weighted by atomic mass is 31.2. The van der Waals surface area contributed by atoms with Crippen LogP contribution >= 0.6 is 7.82 Å². The fourth-order valence-corrected chi connectivity index (χ4v) is 5.85. The summed E-state index contributed by atoms with van der Waals surface area (Å²) >= 11 is 0. The highest BCUT2D eigenvalue weighted by Crippen LogP contribution is 2.57. The van der Waals surface area contributed by atoms with Gasteiger partial charge in [-0.1, -0.05) is 37.1 Å². The Morgan fingerprint density at radius 1 is 1.32 bits per heavy atom. The van der Waals surface area contributed by atoms with Gasteiger partial charge in [0.05, 0.1) is 6.10 Å². The lowest BCUT2D eigenvalue weighted by atomic mass is 9.73. The van der Waals surface area contributed by atoms with Gasteiger partial charge in [0.25, 0.3) is 0 Å². The molecule has 34 heavy (non-hydrogen) atoms. The maximum absolute atomic E-state index is 13.2. The second-order valence-electron chi connectivity index (χ2n) is 9.90. The summed E-state index contributed by atoms with van der Waals surface area (Å²) in [6.07, 6.45) is 5.46. The molecule has 2 aliphatic rings. The monoisotopic (exact) mass is 492 g/mol. The van der Waals surface area contributed by atoms with Gasteiger partial charge in [0.1, 0.15) is 11.5 Å². The summed E-state index contributed by atoms with van der Waals surface area (Å²) in [6, 6.07) is 3.51. The van der Waals surface area contributed by atoms with E-state index < -0.39 is 25.5 Å². The van der Waals surface area contributed by atoms with Crippen molar-refractivity contribution in [2.75, 3.05) is 0 Å². The molecule has 3 atom stereocenters. The van der Waals surface area contributed by atoms with Crippen LogP contribution in [0.4, 0.5) is 0 Å². The molecule has 0 spiro atoms. The normalized spacial score (nSPS) is 23.2. The first-order valence-electron chi connectivity index (χ1n) is 12.0. The Morgan fingerprint density at radius 3 is 2.56 bits per heavy atom. The molecule has 1 aromatic rings. The Kier molecular flexibility index (Phi) is 8.14. The average molecular weight is 493 g/mol. The van der Waals surface area contributed by atoms with Crippen LogP contribution in [0.1, 0.15) is 83.8 Å². The fraction of sp³-hybridized carbons (Fsp3) is 0.577. The molecular formula is C26H37O7P. The van der Waals surface area contributed by atoms with Crippen molar-refractivity contribution in [3.63, 3.8) is 0 Å². The van der Waals surface area contributed by atoms with E-state index in [4.69, 9.17) is 13.8 Å². The third-order valence-electron chi connectivity index (χ3n) is 6.35. The Balaban J connectivity index is 1.98. The van der Waals surface area contributed by atoms with Crippen LogP contribution in [-0.2, 0) is 24.8 Å². The van der Waals surface area contributed by atoms with Crippen molar-refractivity contribution in [3.05, 3.63) is 47.1 Å². The lowest BCUT2D eigenvalue weighted by molar-refractivity contribution is -0.145. The van der Waals surface area contributed by atoms with E-state index in [0.29, 0.717) is 12.0 Å². The summed E-state index contributed by atoms with van der Waals surface area (Å²) < 4.78 is 28.4. The Bertz CT molecular complexity index is 1020. The molecule has 8 heteroatoms. The predicted molar refractivity (Wildman–Crippen MR) is 131 cm³/mol. The Labute approximate surface area is 202 Å². The quantitative estimate of drug-likeness (QED) is 0.170. The van der Waals surface area contributed by atoms with Crippen LogP contribution in [0.25, 0.3) is 0 Å². The molecule has 1 aromatic carbocycles. The van der Waals surface area contributed by atoms with E-state index in [9.17, 15) is 19.4 Å². The van der Waals surface area contributed by atoms with E-state index in [-0.39, 0.29) is 36.2 Å².